The van der Waals surface area contributed by atoms with Gasteiger partial charge in [-0.25, -0.2) is 0 Å². The van der Waals surface area contributed by atoms with Crippen molar-refractivity contribution in [3.05, 3.63) is 46.3 Å². The second kappa shape index (κ2) is 7.07. The third-order valence-electron chi connectivity index (χ3n) is 4.89. The van der Waals surface area contributed by atoms with E-state index in [0.717, 1.165) is 42.0 Å². The molecule has 1 atom stereocenters. The zero-order chi connectivity index (χ0) is 18.1. The number of amides is 1. The Labute approximate surface area is 155 Å². The van der Waals surface area contributed by atoms with Crippen molar-refractivity contribution in [3.8, 4) is 10.6 Å². The van der Waals surface area contributed by atoms with Crippen molar-refractivity contribution in [1.29, 1.82) is 0 Å². The molecule has 0 bridgehead atoms. The molecule has 4 rings (SSSR count). The Kier molecular flexibility index (Phi) is 4.63. The minimum absolute atomic E-state index is 0.0335. The first-order chi connectivity index (χ1) is 12.6. The topological polar surface area (TPSA) is 72.4 Å². The Balaban J connectivity index is 1.67. The summed E-state index contributed by atoms with van der Waals surface area (Å²) in [6.45, 7) is 4.29. The third kappa shape index (κ3) is 3.07. The van der Waals surface area contributed by atoms with Crippen LogP contribution in [0.4, 0.5) is 0 Å². The van der Waals surface area contributed by atoms with E-state index >= 15 is 0 Å². The van der Waals surface area contributed by atoms with Crippen molar-refractivity contribution in [2.45, 2.75) is 45.6 Å². The van der Waals surface area contributed by atoms with Gasteiger partial charge in [-0.15, -0.1) is 11.3 Å². The predicted molar refractivity (Wildman–Crippen MR) is 98.0 cm³/mol. The summed E-state index contributed by atoms with van der Waals surface area (Å²) in [6, 6.07) is 5.88. The van der Waals surface area contributed by atoms with Crippen LogP contribution in [0, 0.1) is 13.8 Å². The Bertz CT molecular complexity index is 878. The second-order valence-electron chi connectivity index (χ2n) is 6.66. The van der Waals surface area contributed by atoms with Crippen LogP contribution in [0.2, 0.25) is 0 Å². The molecule has 3 aromatic rings. The van der Waals surface area contributed by atoms with Gasteiger partial charge in [-0.1, -0.05) is 29.2 Å². The molecular formula is C19H21N3O3S. The highest BCUT2D eigenvalue weighted by molar-refractivity contribution is 7.13. The van der Waals surface area contributed by atoms with Crippen LogP contribution in [0.1, 0.15) is 59.2 Å². The van der Waals surface area contributed by atoms with E-state index in [9.17, 15) is 4.79 Å². The van der Waals surface area contributed by atoms with Gasteiger partial charge in [-0.2, -0.15) is 0 Å². The summed E-state index contributed by atoms with van der Waals surface area (Å²) in [7, 11) is 0. The van der Waals surface area contributed by atoms with Crippen molar-refractivity contribution in [1.82, 2.24) is 15.2 Å². The first-order valence-electron chi connectivity index (χ1n) is 8.89. The average Bonchev–Trinajstić information content (AvgIpc) is 3.34. The van der Waals surface area contributed by atoms with Crippen molar-refractivity contribution in [2.75, 3.05) is 6.54 Å². The van der Waals surface area contributed by atoms with Gasteiger partial charge in [0.2, 0.25) is 0 Å². The maximum absolute atomic E-state index is 13.2. The molecule has 3 aromatic heterocycles. The number of carbonyl (C=O) groups is 1. The summed E-state index contributed by atoms with van der Waals surface area (Å²) in [4.78, 5) is 16.2. The molecule has 0 radical (unpaired) electrons. The Hall–Kier alpha value is -2.41. The van der Waals surface area contributed by atoms with Gasteiger partial charge in [0.05, 0.1) is 16.6 Å². The molecule has 26 heavy (non-hydrogen) atoms. The normalized spacial score (nSPS) is 18.1. The smallest absolute Gasteiger partial charge is 0.259 e. The molecule has 0 aromatic carbocycles. The van der Waals surface area contributed by atoms with Gasteiger partial charge in [0, 0.05) is 12.6 Å². The van der Waals surface area contributed by atoms with Crippen molar-refractivity contribution in [3.63, 3.8) is 0 Å². The van der Waals surface area contributed by atoms with Gasteiger partial charge >= 0.3 is 0 Å². The van der Waals surface area contributed by atoms with Gasteiger partial charge in [-0.3, -0.25) is 4.79 Å². The first kappa shape index (κ1) is 17.0. The highest BCUT2D eigenvalue weighted by Crippen LogP contribution is 2.34. The molecule has 0 saturated carbocycles. The van der Waals surface area contributed by atoms with Crippen LogP contribution in [0.3, 0.4) is 0 Å². The zero-order valence-electron chi connectivity index (χ0n) is 14.9. The van der Waals surface area contributed by atoms with E-state index in [0.29, 0.717) is 23.6 Å². The minimum atomic E-state index is -0.0869. The van der Waals surface area contributed by atoms with Gasteiger partial charge in [-0.05, 0) is 38.1 Å². The molecule has 6 nitrogen and oxygen atoms in total. The van der Waals surface area contributed by atoms with Crippen LogP contribution < -0.4 is 0 Å². The standard InChI is InChI=1S/C19H21N3O3S/c1-12-18(13(2)24-20-12)19(23)22-9-5-3-4-7-15(22)14-11-16(25-21-14)17-8-6-10-26-17/h6,8,10-11,15H,3-5,7,9H2,1-2H3. The first-order valence-corrected chi connectivity index (χ1v) is 9.77. The highest BCUT2D eigenvalue weighted by Gasteiger charge is 2.32. The number of thiophene rings is 1. The maximum atomic E-state index is 13.2. The molecule has 0 spiro atoms. The van der Waals surface area contributed by atoms with Crippen LogP contribution in [0.25, 0.3) is 10.6 Å². The quantitative estimate of drug-likeness (QED) is 0.663. The van der Waals surface area contributed by atoms with E-state index < -0.39 is 0 Å². The van der Waals surface area contributed by atoms with Crippen LogP contribution in [-0.2, 0) is 0 Å². The van der Waals surface area contributed by atoms with Crippen LogP contribution in [0.15, 0.2) is 32.6 Å². The molecule has 0 aliphatic carbocycles. The molecule has 1 amide bonds. The molecule has 4 heterocycles. The van der Waals surface area contributed by atoms with Gasteiger partial charge in [0.1, 0.15) is 17.0 Å². The van der Waals surface area contributed by atoms with E-state index in [-0.39, 0.29) is 11.9 Å². The number of rotatable bonds is 3. The molecule has 1 saturated heterocycles. The summed E-state index contributed by atoms with van der Waals surface area (Å²) in [5, 5.41) is 10.2. The lowest BCUT2D eigenvalue weighted by atomic mass is 10.0. The molecule has 1 fully saturated rings. The minimum Gasteiger partial charge on any atom is -0.361 e. The van der Waals surface area contributed by atoms with E-state index in [1.54, 1.807) is 18.3 Å². The van der Waals surface area contributed by atoms with Crippen molar-refractivity contribution in [2.24, 2.45) is 0 Å². The molecular weight excluding hydrogens is 350 g/mol. The number of aryl methyl sites for hydroxylation is 2. The highest BCUT2D eigenvalue weighted by atomic mass is 32.1. The van der Waals surface area contributed by atoms with Crippen LogP contribution in [0.5, 0.6) is 0 Å². The number of hydrogen-bond acceptors (Lipinski definition) is 6. The fraction of sp³-hybridized carbons (Fsp3) is 0.421. The molecule has 7 heteroatoms. The van der Waals surface area contributed by atoms with Crippen molar-refractivity contribution < 1.29 is 13.8 Å². The van der Waals surface area contributed by atoms with Gasteiger partial charge in [0.25, 0.3) is 5.91 Å². The van der Waals surface area contributed by atoms with E-state index in [1.807, 2.05) is 35.4 Å². The lowest BCUT2D eigenvalue weighted by molar-refractivity contribution is 0.0671. The molecule has 1 aliphatic heterocycles. The average molecular weight is 371 g/mol. The largest absolute Gasteiger partial charge is 0.361 e. The lowest BCUT2D eigenvalue weighted by Gasteiger charge is -2.28. The Morgan fingerprint density at radius 1 is 1.23 bits per heavy atom. The van der Waals surface area contributed by atoms with E-state index in [2.05, 4.69) is 10.3 Å². The zero-order valence-corrected chi connectivity index (χ0v) is 15.7. The van der Waals surface area contributed by atoms with Crippen LogP contribution in [-0.4, -0.2) is 27.7 Å². The number of hydrogen-bond donors (Lipinski definition) is 0. The molecule has 1 aliphatic rings. The number of likely N-dealkylation sites (tertiary alicyclic amines) is 1. The predicted octanol–water partition coefficient (Wildman–Crippen LogP) is 4.77. The number of aromatic nitrogens is 2. The van der Waals surface area contributed by atoms with Crippen molar-refractivity contribution >= 4 is 17.2 Å². The fourth-order valence-electron chi connectivity index (χ4n) is 3.57. The van der Waals surface area contributed by atoms with E-state index in [4.69, 9.17) is 9.05 Å². The van der Waals surface area contributed by atoms with Gasteiger partial charge < -0.3 is 13.9 Å². The number of nitrogens with zero attached hydrogens (tertiary/aromatic N) is 3. The maximum Gasteiger partial charge on any atom is 0.259 e. The number of carbonyl (C=O) groups excluding carboxylic acids is 1. The molecule has 0 N–H and O–H groups in total. The monoisotopic (exact) mass is 371 g/mol. The second-order valence-corrected chi connectivity index (χ2v) is 7.60. The third-order valence-corrected chi connectivity index (χ3v) is 5.78. The molecule has 1 unspecified atom stereocenters. The molecule has 136 valence electrons. The fourth-order valence-corrected chi connectivity index (χ4v) is 4.24. The van der Waals surface area contributed by atoms with E-state index in [1.165, 1.54) is 0 Å². The van der Waals surface area contributed by atoms with Gasteiger partial charge in [0.15, 0.2) is 5.76 Å². The summed E-state index contributed by atoms with van der Waals surface area (Å²) in [6.07, 6.45) is 4.04. The summed E-state index contributed by atoms with van der Waals surface area (Å²) in [5.74, 6) is 1.28. The Morgan fingerprint density at radius 3 is 2.85 bits per heavy atom. The summed E-state index contributed by atoms with van der Waals surface area (Å²) < 4.78 is 10.8. The Morgan fingerprint density at radius 2 is 2.12 bits per heavy atom. The SMILES string of the molecule is Cc1noc(C)c1C(=O)N1CCCCCC1c1cc(-c2cccs2)on1. The lowest BCUT2D eigenvalue weighted by Crippen LogP contribution is -2.35. The van der Waals surface area contributed by atoms with Crippen LogP contribution >= 0.6 is 11.3 Å². The summed E-state index contributed by atoms with van der Waals surface area (Å²) in [5.41, 5.74) is 2.02. The summed E-state index contributed by atoms with van der Waals surface area (Å²) >= 11 is 1.61.